The summed E-state index contributed by atoms with van der Waals surface area (Å²) >= 11 is 4.68. The molecule has 1 heterocycles. The molecule has 0 aliphatic carbocycles. The van der Waals surface area contributed by atoms with Crippen LogP contribution in [0.5, 0.6) is 0 Å². The first-order valence-electron chi connectivity index (χ1n) is 2.05. The molecule has 0 amide bonds. The maximum absolute atomic E-state index is 4.98. The SMILES string of the molecule is BrC1=CCCOS1. The van der Waals surface area contributed by atoms with Crippen LogP contribution < -0.4 is 0 Å². The fourth-order valence-electron chi connectivity index (χ4n) is 0.352. The summed E-state index contributed by atoms with van der Waals surface area (Å²) in [5.41, 5.74) is 0. The predicted molar refractivity (Wildman–Crippen MR) is 35.2 cm³/mol. The maximum Gasteiger partial charge on any atom is 0.0742 e. The van der Waals surface area contributed by atoms with E-state index >= 15 is 0 Å². The van der Waals surface area contributed by atoms with Gasteiger partial charge >= 0.3 is 0 Å². The largest absolute Gasteiger partial charge is 0.309 e. The zero-order valence-electron chi connectivity index (χ0n) is 3.69. The Balaban J connectivity index is 2.40. The third-order valence-corrected chi connectivity index (χ3v) is 1.98. The van der Waals surface area contributed by atoms with Crippen LogP contribution >= 0.6 is 28.0 Å². The van der Waals surface area contributed by atoms with Gasteiger partial charge in [-0.25, -0.2) is 0 Å². The number of rotatable bonds is 0. The van der Waals surface area contributed by atoms with Gasteiger partial charge in [-0.2, -0.15) is 0 Å². The number of hydrogen-bond acceptors (Lipinski definition) is 2. The van der Waals surface area contributed by atoms with Gasteiger partial charge in [-0.15, -0.1) is 0 Å². The van der Waals surface area contributed by atoms with E-state index in [-0.39, 0.29) is 0 Å². The standard InChI is InChI=1S/C4H5BrOS/c5-4-2-1-3-6-7-4/h2H,1,3H2. The molecule has 40 valence electrons. The molecule has 0 atom stereocenters. The molecular formula is C4H5BrOS. The maximum atomic E-state index is 4.98. The molecule has 0 unspecified atom stereocenters. The van der Waals surface area contributed by atoms with E-state index in [0.717, 1.165) is 16.8 Å². The Labute approximate surface area is 55.5 Å². The van der Waals surface area contributed by atoms with Crippen LogP contribution in [0.2, 0.25) is 0 Å². The molecule has 1 rings (SSSR count). The van der Waals surface area contributed by atoms with Gasteiger partial charge in [-0.3, -0.25) is 0 Å². The van der Waals surface area contributed by atoms with E-state index in [1.807, 2.05) is 0 Å². The van der Waals surface area contributed by atoms with Crippen LogP contribution in [0.1, 0.15) is 6.42 Å². The fourth-order valence-corrected chi connectivity index (χ4v) is 1.34. The summed E-state index contributed by atoms with van der Waals surface area (Å²) in [4.78, 5) is 0. The molecular weight excluding hydrogens is 176 g/mol. The van der Waals surface area contributed by atoms with Gasteiger partial charge in [0.25, 0.3) is 0 Å². The summed E-state index contributed by atoms with van der Waals surface area (Å²) in [6, 6.07) is 0. The third-order valence-electron chi connectivity index (χ3n) is 0.645. The number of hydrogen-bond donors (Lipinski definition) is 0. The Morgan fingerprint density at radius 3 is 3.00 bits per heavy atom. The molecule has 0 aromatic rings. The second-order valence-electron chi connectivity index (χ2n) is 1.20. The van der Waals surface area contributed by atoms with Gasteiger partial charge in [0, 0.05) is 12.0 Å². The average molecular weight is 181 g/mol. The van der Waals surface area contributed by atoms with Crippen molar-refractivity contribution in [3.05, 3.63) is 9.89 Å². The quantitative estimate of drug-likeness (QED) is 0.530. The van der Waals surface area contributed by atoms with Crippen LogP contribution in [0.15, 0.2) is 9.89 Å². The van der Waals surface area contributed by atoms with Gasteiger partial charge in [0.1, 0.15) is 0 Å². The molecule has 3 heteroatoms. The molecule has 0 fully saturated rings. The molecule has 0 aromatic carbocycles. The summed E-state index contributed by atoms with van der Waals surface area (Å²) in [5.74, 6) is 0. The zero-order chi connectivity index (χ0) is 5.11. The normalized spacial score (nSPS) is 21.6. The van der Waals surface area contributed by atoms with Gasteiger partial charge in [-0.05, 0) is 22.4 Å². The summed E-state index contributed by atoms with van der Waals surface area (Å²) in [6.45, 7) is 0.847. The topological polar surface area (TPSA) is 9.23 Å². The minimum Gasteiger partial charge on any atom is -0.309 e. The van der Waals surface area contributed by atoms with Crippen molar-refractivity contribution in [1.82, 2.24) is 0 Å². The first-order chi connectivity index (χ1) is 3.39. The molecule has 0 aromatic heterocycles. The van der Waals surface area contributed by atoms with Crippen molar-refractivity contribution in [3.63, 3.8) is 0 Å². The lowest BCUT2D eigenvalue weighted by Gasteiger charge is -2.04. The molecule has 0 saturated carbocycles. The highest BCUT2D eigenvalue weighted by molar-refractivity contribution is 9.13. The molecule has 0 spiro atoms. The van der Waals surface area contributed by atoms with Gasteiger partial charge in [0.15, 0.2) is 0 Å². The lowest BCUT2D eigenvalue weighted by atomic mass is 10.5. The van der Waals surface area contributed by atoms with Crippen LogP contribution in [0.25, 0.3) is 0 Å². The van der Waals surface area contributed by atoms with Gasteiger partial charge in [0.2, 0.25) is 0 Å². The molecule has 7 heavy (non-hydrogen) atoms. The second-order valence-corrected chi connectivity index (χ2v) is 3.42. The smallest absolute Gasteiger partial charge is 0.0742 e. The van der Waals surface area contributed by atoms with E-state index in [2.05, 4.69) is 22.0 Å². The Morgan fingerprint density at radius 2 is 2.71 bits per heavy atom. The highest BCUT2D eigenvalue weighted by Crippen LogP contribution is 2.27. The highest BCUT2D eigenvalue weighted by Gasteiger charge is 1.98. The average Bonchev–Trinajstić information content (AvgIpc) is 1.69. The zero-order valence-corrected chi connectivity index (χ0v) is 6.09. The Bertz CT molecular complexity index is 91.7. The van der Waals surface area contributed by atoms with Crippen LogP contribution in [0, 0.1) is 0 Å². The van der Waals surface area contributed by atoms with Crippen molar-refractivity contribution < 1.29 is 4.18 Å². The van der Waals surface area contributed by atoms with Gasteiger partial charge in [-0.1, -0.05) is 6.08 Å². The first kappa shape index (κ1) is 5.66. The van der Waals surface area contributed by atoms with Crippen molar-refractivity contribution >= 4 is 28.0 Å². The molecule has 1 aliphatic heterocycles. The summed E-state index contributed by atoms with van der Waals surface area (Å²) < 4.78 is 6.08. The first-order valence-corrected chi connectivity index (χ1v) is 3.58. The molecule has 0 saturated heterocycles. The van der Waals surface area contributed by atoms with Crippen LogP contribution in [-0.4, -0.2) is 6.61 Å². The summed E-state index contributed by atoms with van der Waals surface area (Å²) in [6.07, 6.45) is 3.14. The Hall–Kier alpha value is 0.530. The Morgan fingerprint density at radius 1 is 1.86 bits per heavy atom. The third kappa shape index (κ3) is 1.84. The number of halogens is 1. The molecule has 0 bridgehead atoms. The van der Waals surface area contributed by atoms with Crippen molar-refractivity contribution in [3.8, 4) is 0 Å². The van der Waals surface area contributed by atoms with E-state index < -0.39 is 0 Å². The van der Waals surface area contributed by atoms with Crippen molar-refractivity contribution in [2.45, 2.75) is 6.42 Å². The second kappa shape index (κ2) is 2.74. The predicted octanol–water partition coefficient (Wildman–Crippen LogP) is 2.29. The highest BCUT2D eigenvalue weighted by atomic mass is 79.9. The monoisotopic (exact) mass is 180 g/mol. The molecule has 0 N–H and O–H groups in total. The Kier molecular flexibility index (Phi) is 2.22. The van der Waals surface area contributed by atoms with Gasteiger partial charge < -0.3 is 4.18 Å². The van der Waals surface area contributed by atoms with Crippen molar-refractivity contribution in [2.24, 2.45) is 0 Å². The van der Waals surface area contributed by atoms with Gasteiger partial charge in [0.05, 0.1) is 10.4 Å². The molecule has 1 aliphatic rings. The molecule has 0 radical (unpaired) electrons. The van der Waals surface area contributed by atoms with E-state index in [1.54, 1.807) is 0 Å². The lowest BCUT2D eigenvalue weighted by molar-refractivity contribution is 0.381. The van der Waals surface area contributed by atoms with Crippen LogP contribution in [0.4, 0.5) is 0 Å². The lowest BCUT2D eigenvalue weighted by Crippen LogP contribution is -1.88. The minimum atomic E-state index is 0.847. The van der Waals surface area contributed by atoms with E-state index in [0.29, 0.717) is 0 Å². The summed E-state index contributed by atoms with van der Waals surface area (Å²) in [7, 11) is 0. The van der Waals surface area contributed by atoms with Crippen molar-refractivity contribution in [1.29, 1.82) is 0 Å². The summed E-state index contributed by atoms with van der Waals surface area (Å²) in [5, 5.41) is 0. The fraction of sp³-hybridized carbons (Fsp3) is 0.500. The van der Waals surface area contributed by atoms with Crippen LogP contribution in [0.3, 0.4) is 0 Å². The minimum absolute atomic E-state index is 0.847. The molecule has 1 nitrogen and oxygen atoms in total. The van der Waals surface area contributed by atoms with E-state index in [4.69, 9.17) is 4.18 Å². The van der Waals surface area contributed by atoms with Crippen molar-refractivity contribution in [2.75, 3.05) is 6.61 Å². The van der Waals surface area contributed by atoms with E-state index in [9.17, 15) is 0 Å². The van der Waals surface area contributed by atoms with Crippen LogP contribution in [-0.2, 0) is 4.18 Å². The van der Waals surface area contributed by atoms with E-state index in [1.165, 1.54) is 12.0 Å².